The Hall–Kier alpha value is -2.73. The van der Waals surface area contributed by atoms with Gasteiger partial charge in [0.1, 0.15) is 0 Å². The molecule has 4 rings (SSSR count). The number of fused-ring (bicyclic) bond motifs is 1. The minimum atomic E-state index is -0.317. The first-order valence-corrected chi connectivity index (χ1v) is 11.2. The third-order valence-corrected chi connectivity index (χ3v) is 6.87. The van der Waals surface area contributed by atoms with Crippen LogP contribution in [0.3, 0.4) is 0 Å². The highest BCUT2D eigenvalue weighted by atomic mass is 32.1. The minimum absolute atomic E-state index is 0.0612. The van der Waals surface area contributed by atoms with Crippen LogP contribution < -0.4 is 5.32 Å². The topological polar surface area (TPSA) is 68.3 Å². The van der Waals surface area contributed by atoms with E-state index >= 15 is 0 Å². The summed E-state index contributed by atoms with van der Waals surface area (Å²) in [6.45, 7) is 3.68. The van der Waals surface area contributed by atoms with Crippen LogP contribution in [0, 0.1) is 19.8 Å². The largest absolute Gasteiger partial charge is 0.455 e. The number of nitrogens with zero attached hydrogens (tertiary/aromatic N) is 1. The van der Waals surface area contributed by atoms with Crippen LogP contribution >= 0.6 is 11.3 Å². The van der Waals surface area contributed by atoms with E-state index in [9.17, 15) is 9.59 Å². The lowest BCUT2D eigenvalue weighted by Crippen LogP contribution is -2.30. The first-order valence-electron chi connectivity index (χ1n) is 10.4. The second-order valence-electron chi connectivity index (χ2n) is 7.99. The number of para-hydroxylation sites is 1. The van der Waals surface area contributed by atoms with Crippen molar-refractivity contribution < 1.29 is 14.3 Å². The quantitative estimate of drug-likeness (QED) is 0.561. The molecule has 2 atom stereocenters. The summed E-state index contributed by atoms with van der Waals surface area (Å²) in [5, 5.41) is 3.83. The normalized spacial score (nSPS) is 18.9. The van der Waals surface area contributed by atoms with Crippen molar-refractivity contribution in [2.75, 3.05) is 11.9 Å². The summed E-state index contributed by atoms with van der Waals surface area (Å²) in [5.74, 6) is -0.795. The van der Waals surface area contributed by atoms with E-state index in [1.54, 1.807) is 11.3 Å². The number of thiazole rings is 1. The SMILES string of the molecule is Cc1ccc(NC(=O)COC(=O)[C@H]2CCCC[C@H]2c2nc3ccccc3s2)c(C)c1. The number of amides is 1. The smallest absolute Gasteiger partial charge is 0.310 e. The number of hydrogen-bond donors (Lipinski definition) is 1. The van der Waals surface area contributed by atoms with Gasteiger partial charge >= 0.3 is 5.97 Å². The Bertz CT molecular complexity index is 1040. The summed E-state index contributed by atoms with van der Waals surface area (Å²) in [7, 11) is 0. The molecule has 30 heavy (non-hydrogen) atoms. The number of carbonyl (C=O) groups excluding carboxylic acids is 2. The van der Waals surface area contributed by atoms with E-state index in [2.05, 4.69) is 11.4 Å². The molecule has 6 heteroatoms. The average molecular weight is 423 g/mol. The van der Waals surface area contributed by atoms with Gasteiger partial charge in [0.25, 0.3) is 5.91 Å². The number of anilines is 1. The van der Waals surface area contributed by atoms with Crippen molar-refractivity contribution in [2.24, 2.45) is 5.92 Å². The number of carbonyl (C=O) groups is 2. The summed E-state index contributed by atoms with van der Waals surface area (Å²) >= 11 is 1.66. The predicted molar refractivity (Wildman–Crippen MR) is 120 cm³/mol. The van der Waals surface area contributed by atoms with E-state index in [0.29, 0.717) is 0 Å². The maximum atomic E-state index is 12.8. The van der Waals surface area contributed by atoms with Crippen LogP contribution in [-0.2, 0) is 14.3 Å². The molecule has 0 spiro atoms. The third-order valence-electron chi connectivity index (χ3n) is 5.70. The fourth-order valence-electron chi connectivity index (χ4n) is 4.14. The molecule has 0 unspecified atom stereocenters. The highest BCUT2D eigenvalue weighted by molar-refractivity contribution is 7.18. The molecule has 3 aromatic rings. The molecule has 1 aliphatic rings. The van der Waals surface area contributed by atoms with Crippen LogP contribution in [0.25, 0.3) is 10.2 Å². The van der Waals surface area contributed by atoms with Gasteiger partial charge in [-0.1, -0.05) is 42.7 Å². The summed E-state index contributed by atoms with van der Waals surface area (Å²) in [6.07, 6.45) is 3.78. The number of aromatic nitrogens is 1. The maximum absolute atomic E-state index is 12.8. The molecule has 1 heterocycles. The van der Waals surface area contributed by atoms with E-state index in [4.69, 9.17) is 9.72 Å². The molecule has 1 aromatic heterocycles. The Kier molecular flexibility index (Phi) is 6.13. The zero-order chi connectivity index (χ0) is 21.1. The first-order chi connectivity index (χ1) is 14.5. The van der Waals surface area contributed by atoms with E-state index in [-0.39, 0.29) is 30.3 Å². The number of aryl methyl sites for hydroxylation is 2. The van der Waals surface area contributed by atoms with E-state index in [1.165, 1.54) is 0 Å². The van der Waals surface area contributed by atoms with Crippen LogP contribution in [0.4, 0.5) is 5.69 Å². The van der Waals surface area contributed by atoms with E-state index in [1.807, 2.05) is 50.2 Å². The molecule has 5 nitrogen and oxygen atoms in total. The van der Waals surface area contributed by atoms with Crippen molar-refractivity contribution in [2.45, 2.75) is 45.4 Å². The molecule has 1 fully saturated rings. The number of hydrogen-bond acceptors (Lipinski definition) is 5. The van der Waals surface area contributed by atoms with Gasteiger partial charge in [-0.3, -0.25) is 9.59 Å². The van der Waals surface area contributed by atoms with Gasteiger partial charge in [0.2, 0.25) is 0 Å². The molecule has 1 N–H and O–H groups in total. The molecule has 1 saturated carbocycles. The molecule has 2 aromatic carbocycles. The molecular formula is C24H26N2O3S. The number of ether oxygens (including phenoxy) is 1. The fraction of sp³-hybridized carbons (Fsp3) is 0.375. The van der Waals surface area contributed by atoms with Crippen LogP contribution in [0.1, 0.15) is 47.7 Å². The highest BCUT2D eigenvalue weighted by Crippen LogP contribution is 2.41. The minimum Gasteiger partial charge on any atom is -0.455 e. The van der Waals surface area contributed by atoms with Crippen LogP contribution in [0.5, 0.6) is 0 Å². The molecule has 0 bridgehead atoms. The van der Waals surface area contributed by atoms with Gasteiger partial charge in [-0.25, -0.2) is 4.98 Å². The fourth-order valence-corrected chi connectivity index (χ4v) is 5.31. The van der Waals surface area contributed by atoms with E-state index in [0.717, 1.165) is 57.7 Å². The third kappa shape index (κ3) is 4.54. The molecular weight excluding hydrogens is 396 g/mol. The Labute approximate surface area is 180 Å². The molecule has 0 aliphatic heterocycles. The first kappa shape index (κ1) is 20.5. The lowest BCUT2D eigenvalue weighted by molar-refractivity contribution is -0.153. The van der Waals surface area contributed by atoms with Crippen molar-refractivity contribution in [3.8, 4) is 0 Å². The Morgan fingerprint density at radius 2 is 1.93 bits per heavy atom. The van der Waals surface area contributed by atoms with Gasteiger partial charge in [-0.15, -0.1) is 11.3 Å². The van der Waals surface area contributed by atoms with Gasteiger partial charge in [0.15, 0.2) is 6.61 Å². The monoisotopic (exact) mass is 422 g/mol. The predicted octanol–water partition coefficient (Wildman–Crippen LogP) is 5.37. The van der Waals surface area contributed by atoms with Gasteiger partial charge in [-0.2, -0.15) is 0 Å². The number of esters is 1. The summed E-state index contributed by atoms with van der Waals surface area (Å²) in [4.78, 5) is 29.9. The lowest BCUT2D eigenvalue weighted by atomic mass is 9.79. The van der Waals surface area contributed by atoms with Crippen molar-refractivity contribution in [1.82, 2.24) is 4.98 Å². The maximum Gasteiger partial charge on any atom is 0.310 e. The Balaban J connectivity index is 1.40. The van der Waals surface area contributed by atoms with Crippen molar-refractivity contribution >= 4 is 39.1 Å². The lowest BCUT2D eigenvalue weighted by Gasteiger charge is -2.28. The van der Waals surface area contributed by atoms with Crippen molar-refractivity contribution in [3.63, 3.8) is 0 Å². The summed E-state index contributed by atoms with van der Waals surface area (Å²) in [5.41, 5.74) is 3.84. The summed E-state index contributed by atoms with van der Waals surface area (Å²) < 4.78 is 6.57. The molecule has 1 amide bonds. The van der Waals surface area contributed by atoms with Crippen LogP contribution in [0.2, 0.25) is 0 Å². The molecule has 0 radical (unpaired) electrons. The van der Waals surface area contributed by atoms with Crippen molar-refractivity contribution in [3.05, 3.63) is 58.6 Å². The van der Waals surface area contributed by atoms with Gasteiger partial charge in [0.05, 0.1) is 21.1 Å². The Morgan fingerprint density at radius 3 is 2.73 bits per heavy atom. The summed E-state index contributed by atoms with van der Waals surface area (Å²) in [6, 6.07) is 13.9. The molecule has 156 valence electrons. The second kappa shape index (κ2) is 8.96. The number of benzene rings is 2. The number of rotatable bonds is 5. The van der Waals surface area contributed by atoms with Crippen LogP contribution in [-0.4, -0.2) is 23.5 Å². The zero-order valence-corrected chi connectivity index (χ0v) is 18.1. The number of nitrogens with one attached hydrogen (secondary N) is 1. The van der Waals surface area contributed by atoms with Gasteiger partial charge < -0.3 is 10.1 Å². The average Bonchev–Trinajstić information content (AvgIpc) is 3.18. The highest BCUT2D eigenvalue weighted by Gasteiger charge is 2.35. The van der Waals surface area contributed by atoms with Gasteiger partial charge in [0, 0.05) is 11.6 Å². The van der Waals surface area contributed by atoms with Crippen LogP contribution in [0.15, 0.2) is 42.5 Å². The molecule has 1 aliphatic carbocycles. The molecule has 0 saturated heterocycles. The van der Waals surface area contributed by atoms with Crippen molar-refractivity contribution in [1.29, 1.82) is 0 Å². The standard InChI is InChI=1S/C24H26N2O3S/c1-15-11-12-19(16(2)13-15)25-22(27)14-29-24(28)18-8-4-3-7-17(18)23-26-20-9-5-6-10-21(20)30-23/h5-6,9-13,17-18H,3-4,7-8,14H2,1-2H3,(H,25,27)/t17-,18+/m1/s1. The zero-order valence-electron chi connectivity index (χ0n) is 17.3. The second-order valence-corrected chi connectivity index (χ2v) is 9.05. The van der Waals surface area contributed by atoms with Gasteiger partial charge in [-0.05, 0) is 50.5 Å². The van der Waals surface area contributed by atoms with E-state index < -0.39 is 0 Å². The Morgan fingerprint density at radius 1 is 1.13 bits per heavy atom.